The van der Waals surface area contributed by atoms with Gasteiger partial charge in [-0.2, -0.15) is 8.61 Å². The highest BCUT2D eigenvalue weighted by atomic mass is 32.2. The summed E-state index contributed by atoms with van der Waals surface area (Å²) in [5.74, 6) is 1.28. The van der Waals surface area contributed by atoms with Crippen LogP contribution in [0.2, 0.25) is 0 Å². The molecule has 2 heterocycles. The van der Waals surface area contributed by atoms with Gasteiger partial charge in [0.2, 0.25) is 20.0 Å². The zero-order valence-corrected chi connectivity index (χ0v) is 19.9. The maximum absolute atomic E-state index is 13.1. The third kappa shape index (κ3) is 4.36. The van der Waals surface area contributed by atoms with Crippen molar-refractivity contribution in [2.75, 3.05) is 39.4 Å². The Morgan fingerprint density at radius 3 is 1.84 bits per heavy atom. The van der Waals surface area contributed by atoms with Gasteiger partial charge < -0.3 is 9.47 Å². The van der Waals surface area contributed by atoms with Gasteiger partial charge >= 0.3 is 0 Å². The predicted molar refractivity (Wildman–Crippen MR) is 120 cm³/mol. The molecule has 32 heavy (non-hydrogen) atoms. The number of hydrogen-bond acceptors (Lipinski definition) is 6. The molecule has 1 saturated heterocycles. The van der Waals surface area contributed by atoms with Crippen LogP contribution in [0.4, 0.5) is 0 Å². The minimum atomic E-state index is -3.77. The first-order chi connectivity index (χ1) is 15.2. The molecule has 2 aromatic carbocycles. The van der Waals surface area contributed by atoms with Gasteiger partial charge in [-0.1, -0.05) is 26.0 Å². The van der Waals surface area contributed by atoms with E-state index < -0.39 is 20.0 Å². The van der Waals surface area contributed by atoms with E-state index in [1.807, 2.05) is 12.1 Å². The number of rotatable bonds is 6. The van der Waals surface area contributed by atoms with Gasteiger partial charge in [0.1, 0.15) is 13.2 Å². The van der Waals surface area contributed by atoms with Crippen molar-refractivity contribution < 1.29 is 26.3 Å². The van der Waals surface area contributed by atoms with Crippen molar-refractivity contribution >= 4 is 20.0 Å². The van der Waals surface area contributed by atoms with Gasteiger partial charge in [0.25, 0.3) is 0 Å². The van der Waals surface area contributed by atoms with Gasteiger partial charge in [-0.15, -0.1) is 0 Å². The number of sulfonamides is 2. The SMILES string of the molecule is CC[C@@H](C)c1ccc(S(=O)(=O)N2CCN(S(=O)(=O)c3ccc4c(c3)OCCO4)CC2)cc1. The minimum absolute atomic E-state index is 0.0843. The van der Waals surface area contributed by atoms with Crippen LogP contribution in [0, 0.1) is 0 Å². The van der Waals surface area contributed by atoms with Crippen molar-refractivity contribution in [1.29, 1.82) is 0 Å². The average Bonchev–Trinajstić information content (AvgIpc) is 2.83. The van der Waals surface area contributed by atoms with Crippen LogP contribution < -0.4 is 9.47 Å². The molecule has 2 aliphatic rings. The van der Waals surface area contributed by atoms with Crippen molar-refractivity contribution in [2.24, 2.45) is 0 Å². The van der Waals surface area contributed by atoms with E-state index in [0.29, 0.717) is 30.6 Å². The van der Waals surface area contributed by atoms with E-state index >= 15 is 0 Å². The van der Waals surface area contributed by atoms with Gasteiger partial charge in [-0.05, 0) is 42.2 Å². The minimum Gasteiger partial charge on any atom is -0.486 e. The smallest absolute Gasteiger partial charge is 0.243 e. The van der Waals surface area contributed by atoms with Gasteiger partial charge in [-0.3, -0.25) is 0 Å². The summed E-state index contributed by atoms with van der Waals surface area (Å²) in [4.78, 5) is 0.339. The van der Waals surface area contributed by atoms with Crippen LogP contribution in [-0.2, 0) is 20.0 Å². The molecule has 0 spiro atoms. The molecule has 0 aromatic heterocycles. The molecule has 174 valence electrons. The van der Waals surface area contributed by atoms with E-state index in [-0.39, 0.29) is 36.0 Å². The quantitative estimate of drug-likeness (QED) is 0.631. The Kier molecular flexibility index (Phi) is 6.49. The summed E-state index contributed by atoms with van der Waals surface area (Å²) in [7, 11) is -7.45. The molecule has 10 heteroatoms. The number of fused-ring (bicyclic) bond motifs is 1. The fourth-order valence-electron chi connectivity index (χ4n) is 3.84. The lowest BCUT2D eigenvalue weighted by molar-refractivity contribution is 0.171. The summed E-state index contributed by atoms with van der Waals surface area (Å²) in [5, 5.41) is 0. The molecule has 0 radical (unpaired) electrons. The second kappa shape index (κ2) is 9.01. The Balaban J connectivity index is 1.46. The van der Waals surface area contributed by atoms with Crippen molar-refractivity contribution in [3.63, 3.8) is 0 Å². The second-order valence-electron chi connectivity index (χ2n) is 7.99. The summed E-state index contributed by atoms with van der Waals surface area (Å²) in [6, 6.07) is 11.5. The summed E-state index contributed by atoms with van der Waals surface area (Å²) >= 11 is 0. The van der Waals surface area contributed by atoms with Crippen molar-refractivity contribution in [3.05, 3.63) is 48.0 Å². The molecule has 0 saturated carbocycles. The third-order valence-electron chi connectivity index (χ3n) is 6.05. The van der Waals surface area contributed by atoms with Gasteiger partial charge in [0.05, 0.1) is 9.79 Å². The lowest BCUT2D eigenvalue weighted by Gasteiger charge is -2.33. The van der Waals surface area contributed by atoms with Crippen LogP contribution in [0.25, 0.3) is 0 Å². The number of ether oxygens (including phenoxy) is 2. The Hall–Kier alpha value is -2.14. The molecule has 0 amide bonds. The van der Waals surface area contributed by atoms with Gasteiger partial charge in [0.15, 0.2) is 11.5 Å². The van der Waals surface area contributed by atoms with Crippen LogP contribution in [0.3, 0.4) is 0 Å². The molecule has 2 aliphatic heterocycles. The Labute approximate surface area is 189 Å². The van der Waals surface area contributed by atoms with E-state index in [0.717, 1.165) is 12.0 Å². The van der Waals surface area contributed by atoms with Gasteiger partial charge in [-0.25, -0.2) is 16.8 Å². The fourth-order valence-corrected chi connectivity index (χ4v) is 6.70. The molecular weight excluding hydrogens is 452 g/mol. The van der Waals surface area contributed by atoms with Crippen molar-refractivity contribution in [1.82, 2.24) is 8.61 Å². The van der Waals surface area contributed by atoms with Crippen molar-refractivity contribution in [2.45, 2.75) is 36.0 Å². The van der Waals surface area contributed by atoms with Crippen LogP contribution in [0.15, 0.2) is 52.3 Å². The Bertz CT molecular complexity index is 1170. The van der Waals surface area contributed by atoms with E-state index in [1.165, 1.54) is 20.7 Å². The monoisotopic (exact) mass is 480 g/mol. The van der Waals surface area contributed by atoms with Crippen LogP contribution >= 0.6 is 0 Å². The van der Waals surface area contributed by atoms with Crippen molar-refractivity contribution in [3.8, 4) is 11.5 Å². The number of hydrogen-bond donors (Lipinski definition) is 0. The molecule has 2 aromatic rings. The summed E-state index contributed by atoms with van der Waals surface area (Å²) in [5.41, 5.74) is 1.10. The first kappa shape index (κ1) is 23.0. The summed E-state index contributed by atoms with van der Waals surface area (Å²) in [6.45, 7) is 5.35. The Morgan fingerprint density at radius 2 is 1.28 bits per heavy atom. The number of benzene rings is 2. The summed E-state index contributed by atoms with van der Waals surface area (Å²) in [6.07, 6.45) is 0.978. The lowest BCUT2D eigenvalue weighted by Crippen LogP contribution is -2.50. The molecular formula is C22H28N2O6S2. The van der Waals surface area contributed by atoms with Crippen LogP contribution in [0.5, 0.6) is 11.5 Å². The van der Waals surface area contributed by atoms with Crippen LogP contribution in [0.1, 0.15) is 31.7 Å². The maximum atomic E-state index is 13.1. The first-order valence-electron chi connectivity index (χ1n) is 10.7. The zero-order chi connectivity index (χ0) is 22.9. The van der Waals surface area contributed by atoms with Crippen LogP contribution in [-0.4, -0.2) is 64.8 Å². The number of nitrogens with zero attached hydrogens (tertiary/aromatic N) is 2. The molecule has 0 bridgehead atoms. The maximum Gasteiger partial charge on any atom is 0.243 e. The highest BCUT2D eigenvalue weighted by molar-refractivity contribution is 7.89. The molecule has 0 N–H and O–H groups in total. The lowest BCUT2D eigenvalue weighted by atomic mass is 9.99. The van der Waals surface area contributed by atoms with E-state index in [4.69, 9.17) is 9.47 Å². The molecule has 0 aliphatic carbocycles. The molecule has 1 atom stereocenters. The Morgan fingerprint density at radius 1 is 0.781 bits per heavy atom. The first-order valence-corrected chi connectivity index (χ1v) is 13.6. The third-order valence-corrected chi connectivity index (χ3v) is 9.86. The molecule has 1 fully saturated rings. The van der Waals surface area contributed by atoms with E-state index in [9.17, 15) is 16.8 Å². The molecule has 0 unspecified atom stereocenters. The zero-order valence-electron chi connectivity index (χ0n) is 18.2. The molecule has 4 rings (SSSR count). The van der Waals surface area contributed by atoms with Gasteiger partial charge in [0, 0.05) is 32.2 Å². The topological polar surface area (TPSA) is 93.2 Å². The van der Waals surface area contributed by atoms with E-state index in [1.54, 1.807) is 18.2 Å². The number of piperazine rings is 1. The normalized spacial score (nSPS) is 18.9. The highest BCUT2D eigenvalue weighted by Crippen LogP contribution is 2.33. The largest absolute Gasteiger partial charge is 0.486 e. The average molecular weight is 481 g/mol. The standard InChI is InChI=1S/C22H28N2O6S2/c1-3-17(2)18-4-6-19(7-5-18)31(25,26)23-10-12-24(13-11-23)32(27,28)20-8-9-21-22(16-20)30-15-14-29-21/h4-9,16-17H,3,10-15H2,1-2H3/t17-/m1/s1. The van der Waals surface area contributed by atoms with E-state index in [2.05, 4.69) is 13.8 Å². The summed E-state index contributed by atoms with van der Waals surface area (Å²) < 4.78 is 65.9. The fraction of sp³-hybridized carbons (Fsp3) is 0.455. The molecule has 8 nitrogen and oxygen atoms in total. The predicted octanol–water partition coefficient (Wildman–Crippen LogP) is 2.67. The second-order valence-corrected chi connectivity index (χ2v) is 11.9. The highest BCUT2D eigenvalue weighted by Gasteiger charge is 2.34.